The number of esters is 1. The molecule has 0 unspecified atom stereocenters. The highest BCUT2D eigenvalue weighted by atomic mass is 127. The number of halogens is 1. The van der Waals surface area contributed by atoms with Crippen LogP contribution < -0.4 is 5.32 Å². The number of carbonyl (C=O) groups is 1. The molecule has 1 fully saturated rings. The molecule has 0 amide bonds. The van der Waals surface area contributed by atoms with Crippen molar-refractivity contribution in [2.24, 2.45) is 0 Å². The molecule has 1 N–H and O–H groups in total. The lowest BCUT2D eigenvalue weighted by Gasteiger charge is -2.27. The van der Waals surface area contributed by atoms with Crippen LogP contribution in [0.2, 0.25) is 0 Å². The Balaban J connectivity index is 2.17. The van der Waals surface area contributed by atoms with E-state index in [2.05, 4.69) is 27.9 Å². The largest absolute Gasteiger partial charge is 0.465 e. The molecule has 0 aromatic heterocycles. The Kier molecular flexibility index (Phi) is 3.68. The van der Waals surface area contributed by atoms with Gasteiger partial charge in [-0.1, -0.05) is 0 Å². The normalized spacial score (nSPS) is 15.4. The second-order valence-corrected chi connectivity index (χ2v) is 5.24. The van der Waals surface area contributed by atoms with Crippen molar-refractivity contribution in [3.05, 3.63) is 27.3 Å². The van der Waals surface area contributed by atoms with Gasteiger partial charge in [-0.25, -0.2) is 4.79 Å². The minimum atomic E-state index is -0.282. The monoisotopic (exact) mass is 331 g/mol. The van der Waals surface area contributed by atoms with Gasteiger partial charge in [0.1, 0.15) is 0 Å². The Labute approximate surface area is 109 Å². The van der Waals surface area contributed by atoms with Crippen LogP contribution in [0, 0.1) is 3.57 Å². The first-order valence-electron chi connectivity index (χ1n) is 5.34. The lowest BCUT2D eigenvalue weighted by atomic mass is 9.93. The quantitative estimate of drug-likeness (QED) is 0.683. The first-order valence-corrected chi connectivity index (χ1v) is 6.42. The van der Waals surface area contributed by atoms with Gasteiger partial charge in [0.2, 0.25) is 0 Å². The van der Waals surface area contributed by atoms with Crippen molar-refractivity contribution in [2.45, 2.75) is 25.3 Å². The third-order valence-electron chi connectivity index (χ3n) is 2.79. The van der Waals surface area contributed by atoms with Gasteiger partial charge in [0.05, 0.1) is 12.7 Å². The van der Waals surface area contributed by atoms with Crippen molar-refractivity contribution in [3.8, 4) is 0 Å². The summed E-state index contributed by atoms with van der Waals surface area (Å²) in [5.74, 6) is -0.282. The third kappa shape index (κ3) is 2.66. The van der Waals surface area contributed by atoms with E-state index in [9.17, 15) is 4.79 Å². The SMILES string of the molecule is COC(=O)c1cc(I)cc(NC2CCC2)c1. The lowest BCUT2D eigenvalue weighted by Crippen LogP contribution is -2.27. The number of hydrogen-bond donors (Lipinski definition) is 1. The van der Waals surface area contributed by atoms with Gasteiger partial charge in [-0.15, -0.1) is 0 Å². The maximum atomic E-state index is 11.4. The molecule has 0 radical (unpaired) electrons. The number of rotatable bonds is 3. The van der Waals surface area contributed by atoms with E-state index in [1.165, 1.54) is 26.4 Å². The zero-order valence-electron chi connectivity index (χ0n) is 9.13. The second-order valence-electron chi connectivity index (χ2n) is 3.99. The average Bonchev–Trinajstić information content (AvgIpc) is 2.21. The number of carbonyl (C=O) groups excluding carboxylic acids is 1. The van der Waals surface area contributed by atoms with Gasteiger partial charge >= 0.3 is 5.97 Å². The van der Waals surface area contributed by atoms with Crippen molar-refractivity contribution >= 4 is 34.2 Å². The summed E-state index contributed by atoms with van der Waals surface area (Å²) >= 11 is 2.21. The Morgan fingerprint density at radius 2 is 2.19 bits per heavy atom. The van der Waals surface area contributed by atoms with Gasteiger partial charge in [-0.2, -0.15) is 0 Å². The molecule has 0 heterocycles. The van der Waals surface area contributed by atoms with Crippen LogP contribution in [0.15, 0.2) is 18.2 Å². The standard InChI is InChI=1S/C12H14INO2/c1-16-12(15)8-5-9(13)7-11(6-8)14-10-3-2-4-10/h5-7,10,14H,2-4H2,1H3. The Bertz CT molecular complexity index is 402. The minimum Gasteiger partial charge on any atom is -0.465 e. The van der Waals surface area contributed by atoms with Crippen LogP contribution in [0.5, 0.6) is 0 Å². The molecule has 86 valence electrons. The number of nitrogens with one attached hydrogen (secondary N) is 1. The predicted molar refractivity (Wildman–Crippen MR) is 71.8 cm³/mol. The van der Waals surface area contributed by atoms with Crippen molar-refractivity contribution in [3.63, 3.8) is 0 Å². The molecular weight excluding hydrogens is 317 g/mol. The van der Waals surface area contributed by atoms with Crippen LogP contribution in [-0.2, 0) is 4.74 Å². The smallest absolute Gasteiger partial charge is 0.337 e. The number of methoxy groups -OCH3 is 1. The fourth-order valence-corrected chi connectivity index (χ4v) is 2.37. The lowest BCUT2D eigenvalue weighted by molar-refractivity contribution is 0.0600. The van der Waals surface area contributed by atoms with Gasteiger partial charge < -0.3 is 10.1 Å². The van der Waals surface area contributed by atoms with E-state index < -0.39 is 0 Å². The summed E-state index contributed by atoms with van der Waals surface area (Å²) in [5.41, 5.74) is 1.62. The van der Waals surface area contributed by atoms with E-state index >= 15 is 0 Å². The second kappa shape index (κ2) is 5.03. The molecule has 1 aliphatic rings. The highest BCUT2D eigenvalue weighted by Crippen LogP contribution is 2.25. The first-order chi connectivity index (χ1) is 7.69. The molecule has 1 saturated carbocycles. The molecule has 1 aliphatic carbocycles. The van der Waals surface area contributed by atoms with Crippen LogP contribution in [0.4, 0.5) is 5.69 Å². The molecule has 16 heavy (non-hydrogen) atoms. The molecule has 4 heteroatoms. The maximum absolute atomic E-state index is 11.4. The first kappa shape index (κ1) is 11.7. The zero-order valence-corrected chi connectivity index (χ0v) is 11.3. The van der Waals surface area contributed by atoms with Crippen LogP contribution in [0.3, 0.4) is 0 Å². The summed E-state index contributed by atoms with van der Waals surface area (Å²) in [7, 11) is 1.40. The summed E-state index contributed by atoms with van der Waals surface area (Å²) in [5, 5.41) is 3.43. The predicted octanol–water partition coefficient (Wildman–Crippen LogP) is 3.04. The zero-order chi connectivity index (χ0) is 11.5. The van der Waals surface area contributed by atoms with Crippen LogP contribution in [-0.4, -0.2) is 19.1 Å². The highest BCUT2D eigenvalue weighted by Gasteiger charge is 2.17. The Hall–Kier alpha value is -0.780. The Morgan fingerprint density at radius 3 is 2.75 bits per heavy atom. The maximum Gasteiger partial charge on any atom is 0.337 e. The number of anilines is 1. The summed E-state index contributed by atoms with van der Waals surface area (Å²) in [6.45, 7) is 0. The van der Waals surface area contributed by atoms with Gasteiger partial charge in [-0.05, 0) is 60.1 Å². The third-order valence-corrected chi connectivity index (χ3v) is 3.42. The number of hydrogen-bond acceptors (Lipinski definition) is 3. The van der Waals surface area contributed by atoms with Gasteiger partial charge in [0.25, 0.3) is 0 Å². The van der Waals surface area contributed by atoms with Gasteiger partial charge in [-0.3, -0.25) is 0 Å². The summed E-state index contributed by atoms with van der Waals surface area (Å²) in [4.78, 5) is 11.4. The van der Waals surface area contributed by atoms with E-state index in [1.807, 2.05) is 18.2 Å². The fourth-order valence-electron chi connectivity index (χ4n) is 1.70. The minimum absolute atomic E-state index is 0.282. The summed E-state index contributed by atoms with van der Waals surface area (Å²) in [6, 6.07) is 6.30. The molecular formula is C12H14INO2. The number of benzene rings is 1. The molecule has 0 saturated heterocycles. The molecule has 0 aliphatic heterocycles. The van der Waals surface area contributed by atoms with Crippen molar-refractivity contribution in [1.29, 1.82) is 0 Å². The topological polar surface area (TPSA) is 38.3 Å². The van der Waals surface area contributed by atoms with Crippen LogP contribution in [0.1, 0.15) is 29.6 Å². The highest BCUT2D eigenvalue weighted by molar-refractivity contribution is 14.1. The van der Waals surface area contributed by atoms with Gasteiger partial charge in [0, 0.05) is 15.3 Å². The molecule has 1 aromatic rings. The van der Waals surface area contributed by atoms with E-state index in [-0.39, 0.29) is 5.97 Å². The van der Waals surface area contributed by atoms with E-state index in [0.717, 1.165) is 9.26 Å². The van der Waals surface area contributed by atoms with Crippen molar-refractivity contribution in [2.75, 3.05) is 12.4 Å². The molecule has 0 atom stereocenters. The summed E-state index contributed by atoms with van der Waals surface area (Å²) in [6.07, 6.45) is 3.74. The van der Waals surface area contributed by atoms with E-state index in [0.29, 0.717) is 11.6 Å². The van der Waals surface area contributed by atoms with Crippen molar-refractivity contribution < 1.29 is 9.53 Å². The molecule has 2 rings (SSSR count). The van der Waals surface area contributed by atoms with Crippen molar-refractivity contribution in [1.82, 2.24) is 0 Å². The molecule has 3 nitrogen and oxygen atoms in total. The summed E-state index contributed by atoms with van der Waals surface area (Å²) < 4.78 is 5.77. The average molecular weight is 331 g/mol. The molecule has 0 bridgehead atoms. The van der Waals surface area contributed by atoms with Crippen LogP contribution >= 0.6 is 22.6 Å². The van der Waals surface area contributed by atoms with E-state index in [1.54, 1.807) is 0 Å². The molecule has 1 aromatic carbocycles. The molecule has 0 spiro atoms. The van der Waals surface area contributed by atoms with Gasteiger partial charge in [0.15, 0.2) is 0 Å². The Morgan fingerprint density at radius 1 is 1.44 bits per heavy atom. The fraction of sp³-hybridized carbons (Fsp3) is 0.417. The van der Waals surface area contributed by atoms with Crippen LogP contribution in [0.25, 0.3) is 0 Å². The number of ether oxygens (including phenoxy) is 1. The van der Waals surface area contributed by atoms with E-state index in [4.69, 9.17) is 4.74 Å².